The van der Waals surface area contributed by atoms with Crippen molar-refractivity contribution in [3.63, 3.8) is 0 Å². The Morgan fingerprint density at radius 1 is 1.19 bits per heavy atom. The summed E-state index contributed by atoms with van der Waals surface area (Å²) in [6, 6.07) is 11.6. The Balaban J connectivity index is 1.68. The molecule has 0 aliphatic heterocycles. The second-order valence-electron chi connectivity index (χ2n) is 6.55. The van der Waals surface area contributed by atoms with Crippen LogP contribution in [0.1, 0.15) is 39.2 Å². The van der Waals surface area contributed by atoms with Gasteiger partial charge in [-0.25, -0.2) is 0 Å². The number of nitrogens with one attached hydrogen (secondary N) is 1. The van der Waals surface area contributed by atoms with Crippen LogP contribution in [0, 0.1) is 0 Å². The molecule has 3 rings (SSSR count). The molecule has 142 valence electrons. The van der Waals surface area contributed by atoms with Crippen LogP contribution < -0.4 is 5.32 Å². The van der Waals surface area contributed by atoms with Gasteiger partial charge in [-0.3, -0.25) is 9.36 Å². The third kappa shape index (κ3) is 4.42. The molecule has 3 aromatic rings. The number of anilines is 1. The number of carbonyl (C=O) groups excluding carboxylic acids is 1. The lowest BCUT2D eigenvalue weighted by atomic mass is 10.0. The van der Waals surface area contributed by atoms with E-state index in [-0.39, 0.29) is 11.2 Å². The number of furan rings is 1. The quantitative estimate of drug-likeness (QED) is 0.592. The molecular weight excluding hydrogens is 360 g/mol. The molecule has 1 amide bonds. The summed E-state index contributed by atoms with van der Waals surface area (Å²) in [6.45, 7) is 8.86. The van der Waals surface area contributed by atoms with Gasteiger partial charge in [0, 0.05) is 12.2 Å². The number of benzene rings is 1. The van der Waals surface area contributed by atoms with Crippen LogP contribution >= 0.6 is 11.8 Å². The van der Waals surface area contributed by atoms with Gasteiger partial charge in [0.05, 0.1) is 11.5 Å². The molecule has 0 spiro atoms. The third-order valence-electron chi connectivity index (χ3n) is 4.27. The van der Waals surface area contributed by atoms with Gasteiger partial charge in [0.1, 0.15) is 0 Å². The first-order chi connectivity index (χ1) is 13.0. The topological polar surface area (TPSA) is 73.0 Å². The van der Waals surface area contributed by atoms with Crippen molar-refractivity contribution in [2.75, 3.05) is 5.32 Å². The number of nitrogens with zero attached hydrogens (tertiary/aromatic N) is 3. The van der Waals surface area contributed by atoms with Crippen molar-refractivity contribution < 1.29 is 9.21 Å². The van der Waals surface area contributed by atoms with Crippen LogP contribution in [-0.2, 0) is 11.3 Å². The van der Waals surface area contributed by atoms with E-state index >= 15 is 0 Å². The van der Waals surface area contributed by atoms with Crippen molar-refractivity contribution in [3.05, 3.63) is 48.2 Å². The first-order valence-corrected chi connectivity index (χ1v) is 9.92. The van der Waals surface area contributed by atoms with Crippen LogP contribution in [-0.4, -0.2) is 25.9 Å². The van der Waals surface area contributed by atoms with E-state index in [1.807, 2.05) is 54.8 Å². The molecule has 1 unspecified atom stereocenters. The minimum absolute atomic E-state index is 0.0671. The Morgan fingerprint density at radius 2 is 1.93 bits per heavy atom. The zero-order valence-corrected chi connectivity index (χ0v) is 16.8. The Labute approximate surface area is 163 Å². The van der Waals surface area contributed by atoms with Crippen LogP contribution in [0.15, 0.2) is 52.2 Å². The van der Waals surface area contributed by atoms with Crippen LogP contribution in [0.2, 0.25) is 0 Å². The average molecular weight is 385 g/mol. The molecule has 2 aromatic heterocycles. The first kappa shape index (κ1) is 19.2. The lowest BCUT2D eigenvalue weighted by Gasteiger charge is -2.13. The molecule has 1 atom stereocenters. The minimum atomic E-state index is -0.311. The van der Waals surface area contributed by atoms with Crippen LogP contribution in [0.5, 0.6) is 0 Å². The number of hydrogen-bond acceptors (Lipinski definition) is 5. The van der Waals surface area contributed by atoms with Crippen molar-refractivity contribution in [1.82, 2.24) is 14.8 Å². The van der Waals surface area contributed by atoms with Crippen molar-refractivity contribution in [3.8, 4) is 11.6 Å². The second-order valence-corrected chi connectivity index (χ2v) is 7.86. The number of thioether (sulfide) groups is 1. The number of hydrogen-bond donors (Lipinski definition) is 1. The highest BCUT2D eigenvalue weighted by Gasteiger charge is 2.21. The molecule has 0 radical (unpaired) electrons. The number of carbonyl (C=O) groups is 1. The third-order valence-corrected chi connectivity index (χ3v) is 5.35. The molecule has 2 heterocycles. The zero-order chi connectivity index (χ0) is 19.4. The molecular formula is C20H24N4O2S. The maximum Gasteiger partial charge on any atom is 0.237 e. The van der Waals surface area contributed by atoms with Gasteiger partial charge in [0.2, 0.25) is 5.91 Å². The predicted molar refractivity (Wildman–Crippen MR) is 108 cm³/mol. The second kappa shape index (κ2) is 8.43. The smallest absolute Gasteiger partial charge is 0.237 e. The van der Waals surface area contributed by atoms with E-state index < -0.39 is 0 Å². The van der Waals surface area contributed by atoms with Crippen LogP contribution in [0.25, 0.3) is 11.6 Å². The van der Waals surface area contributed by atoms with Gasteiger partial charge in [0.25, 0.3) is 0 Å². The molecule has 7 heteroatoms. The molecule has 0 saturated carbocycles. The van der Waals surface area contributed by atoms with Gasteiger partial charge in [-0.15, -0.1) is 10.2 Å². The molecule has 27 heavy (non-hydrogen) atoms. The summed E-state index contributed by atoms with van der Waals surface area (Å²) in [4.78, 5) is 12.6. The summed E-state index contributed by atoms with van der Waals surface area (Å²) in [5.74, 6) is 1.73. The van der Waals surface area contributed by atoms with Gasteiger partial charge in [-0.2, -0.15) is 0 Å². The van der Waals surface area contributed by atoms with Gasteiger partial charge in [-0.05, 0) is 49.6 Å². The van der Waals surface area contributed by atoms with E-state index in [0.29, 0.717) is 29.2 Å². The Morgan fingerprint density at radius 3 is 2.52 bits per heavy atom. The van der Waals surface area contributed by atoms with Crippen LogP contribution in [0.4, 0.5) is 5.69 Å². The molecule has 0 bridgehead atoms. The minimum Gasteiger partial charge on any atom is -0.461 e. The van der Waals surface area contributed by atoms with Gasteiger partial charge < -0.3 is 9.73 Å². The zero-order valence-electron chi connectivity index (χ0n) is 16.0. The predicted octanol–water partition coefficient (Wildman–Crippen LogP) is 4.80. The molecule has 0 aliphatic carbocycles. The number of aromatic nitrogens is 3. The largest absolute Gasteiger partial charge is 0.461 e. The highest BCUT2D eigenvalue weighted by atomic mass is 32.2. The summed E-state index contributed by atoms with van der Waals surface area (Å²) in [6.07, 6.45) is 1.61. The van der Waals surface area contributed by atoms with Crippen LogP contribution in [0.3, 0.4) is 0 Å². The number of amides is 1. The van der Waals surface area contributed by atoms with Crippen molar-refractivity contribution in [2.24, 2.45) is 0 Å². The summed E-state index contributed by atoms with van der Waals surface area (Å²) >= 11 is 1.38. The fourth-order valence-electron chi connectivity index (χ4n) is 2.66. The maximum atomic E-state index is 12.6. The van der Waals surface area contributed by atoms with E-state index in [0.717, 1.165) is 5.69 Å². The number of rotatable bonds is 7. The fourth-order valence-corrected chi connectivity index (χ4v) is 3.57. The van der Waals surface area contributed by atoms with E-state index in [4.69, 9.17) is 4.42 Å². The average Bonchev–Trinajstić information content (AvgIpc) is 3.31. The highest BCUT2D eigenvalue weighted by molar-refractivity contribution is 8.00. The highest BCUT2D eigenvalue weighted by Crippen LogP contribution is 2.27. The summed E-state index contributed by atoms with van der Waals surface area (Å²) < 4.78 is 7.37. The summed E-state index contributed by atoms with van der Waals surface area (Å²) in [5, 5.41) is 11.8. The summed E-state index contributed by atoms with van der Waals surface area (Å²) in [7, 11) is 0. The SMILES string of the molecule is CCn1c(SC(C)C(=O)Nc2ccc(C(C)C)cc2)nnc1-c1ccco1. The first-order valence-electron chi connectivity index (χ1n) is 9.04. The standard InChI is InChI=1S/C20H24N4O2S/c1-5-24-18(17-7-6-12-26-17)22-23-20(24)27-14(4)19(25)21-16-10-8-15(9-11-16)13(2)3/h6-14H,5H2,1-4H3,(H,21,25). The monoisotopic (exact) mass is 384 g/mol. The van der Waals surface area contributed by atoms with Crippen molar-refractivity contribution in [2.45, 2.75) is 50.6 Å². The maximum absolute atomic E-state index is 12.6. The molecule has 0 fully saturated rings. The normalized spacial score (nSPS) is 12.3. The van der Waals surface area contributed by atoms with E-state index in [1.54, 1.807) is 6.26 Å². The van der Waals surface area contributed by atoms with Crippen molar-refractivity contribution in [1.29, 1.82) is 0 Å². The van der Waals surface area contributed by atoms with E-state index in [9.17, 15) is 4.79 Å². The van der Waals surface area contributed by atoms with E-state index in [1.165, 1.54) is 17.3 Å². The molecule has 1 N–H and O–H groups in total. The molecule has 0 saturated heterocycles. The van der Waals surface area contributed by atoms with Crippen molar-refractivity contribution >= 4 is 23.4 Å². The fraction of sp³-hybridized carbons (Fsp3) is 0.350. The lowest BCUT2D eigenvalue weighted by Crippen LogP contribution is -2.23. The Bertz CT molecular complexity index is 885. The lowest BCUT2D eigenvalue weighted by molar-refractivity contribution is -0.115. The van der Waals surface area contributed by atoms with E-state index in [2.05, 4.69) is 29.4 Å². The molecule has 0 aliphatic rings. The summed E-state index contributed by atoms with van der Waals surface area (Å²) in [5.41, 5.74) is 2.04. The Kier molecular flexibility index (Phi) is 6.01. The Hall–Kier alpha value is -2.54. The van der Waals surface area contributed by atoms with Gasteiger partial charge in [0.15, 0.2) is 16.7 Å². The molecule has 6 nitrogen and oxygen atoms in total. The van der Waals surface area contributed by atoms with Gasteiger partial charge >= 0.3 is 0 Å². The molecule has 1 aromatic carbocycles. The van der Waals surface area contributed by atoms with Gasteiger partial charge in [-0.1, -0.05) is 37.7 Å².